The summed E-state index contributed by atoms with van der Waals surface area (Å²) in [6.45, 7) is 3.80. The maximum absolute atomic E-state index is 14.1. The normalized spacial score (nSPS) is 19.6. The van der Waals surface area contributed by atoms with Crippen molar-refractivity contribution in [3.05, 3.63) is 53.4 Å². The molecule has 1 fully saturated rings. The van der Waals surface area contributed by atoms with E-state index in [1.54, 1.807) is 12.1 Å². The van der Waals surface area contributed by atoms with Crippen molar-refractivity contribution >= 4 is 22.8 Å². The van der Waals surface area contributed by atoms with Crippen molar-refractivity contribution in [3.63, 3.8) is 0 Å². The van der Waals surface area contributed by atoms with Crippen molar-refractivity contribution in [1.29, 1.82) is 0 Å². The van der Waals surface area contributed by atoms with Gasteiger partial charge < -0.3 is 0 Å². The molecule has 0 unspecified atom stereocenters. The Bertz CT molecular complexity index is 729. The molecule has 2 N–H and O–H groups in total. The molecule has 1 heterocycles. The van der Waals surface area contributed by atoms with Gasteiger partial charge in [-0.1, -0.05) is 30.3 Å². The summed E-state index contributed by atoms with van der Waals surface area (Å²) in [5.74, 6) is -0.456. The second-order valence-corrected chi connectivity index (χ2v) is 5.45. The summed E-state index contributed by atoms with van der Waals surface area (Å²) in [4.78, 5) is 11.9. The lowest BCUT2D eigenvalue weighted by atomic mass is 9.92. The van der Waals surface area contributed by atoms with Gasteiger partial charge in [0, 0.05) is 11.0 Å². The van der Waals surface area contributed by atoms with Crippen LogP contribution in [0.4, 0.5) is 4.39 Å². The van der Waals surface area contributed by atoms with Gasteiger partial charge in [-0.2, -0.15) is 0 Å². The van der Waals surface area contributed by atoms with E-state index in [0.717, 1.165) is 5.39 Å². The van der Waals surface area contributed by atoms with Gasteiger partial charge in [0.2, 0.25) is 0 Å². The van der Waals surface area contributed by atoms with E-state index in [9.17, 15) is 9.18 Å². The number of amides is 1. The number of carbonyl (C=O) groups is 1. The lowest BCUT2D eigenvalue weighted by molar-refractivity contribution is -0.116. The molecule has 0 atom stereocenters. The molecule has 0 spiro atoms. The molecular formula is C16H15FN2O. The van der Waals surface area contributed by atoms with Gasteiger partial charge >= 0.3 is 0 Å². The number of fused-ring (bicyclic) bond motifs is 1. The maximum atomic E-state index is 14.1. The first-order chi connectivity index (χ1) is 9.49. The highest BCUT2D eigenvalue weighted by Crippen LogP contribution is 2.28. The number of hydrazine groups is 1. The van der Waals surface area contributed by atoms with Crippen molar-refractivity contribution in [2.75, 3.05) is 0 Å². The minimum absolute atomic E-state index is 0.177. The van der Waals surface area contributed by atoms with Crippen LogP contribution in [0.15, 0.2) is 42.0 Å². The molecule has 0 bridgehead atoms. The highest BCUT2D eigenvalue weighted by atomic mass is 19.1. The van der Waals surface area contributed by atoms with Crippen molar-refractivity contribution in [2.24, 2.45) is 0 Å². The number of rotatable bonds is 1. The van der Waals surface area contributed by atoms with E-state index in [2.05, 4.69) is 10.9 Å². The van der Waals surface area contributed by atoms with Crippen LogP contribution in [0.3, 0.4) is 0 Å². The summed E-state index contributed by atoms with van der Waals surface area (Å²) in [6, 6.07) is 10.5. The summed E-state index contributed by atoms with van der Waals surface area (Å²) >= 11 is 0. The van der Waals surface area contributed by atoms with Crippen molar-refractivity contribution in [3.8, 4) is 0 Å². The van der Waals surface area contributed by atoms with Gasteiger partial charge in [0.05, 0.1) is 5.54 Å². The Balaban J connectivity index is 2.23. The summed E-state index contributed by atoms with van der Waals surface area (Å²) in [5.41, 5.74) is 6.33. The third-order valence-electron chi connectivity index (χ3n) is 3.59. The van der Waals surface area contributed by atoms with Crippen molar-refractivity contribution in [1.82, 2.24) is 10.9 Å². The standard InChI is InChI=1S/C16H15FN2O/c1-16(2)12(15(20)18-19-16)9-11-7-3-5-10-6-4-8-13(17)14(10)11/h3-9,19H,1-2H3,(H,18,20)/b12-9+. The zero-order valence-electron chi connectivity index (χ0n) is 11.3. The molecule has 1 aliphatic rings. The third kappa shape index (κ3) is 1.98. The molecule has 0 radical (unpaired) electrons. The fourth-order valence-electron chi connectivity index (χ4n) is 2.48. The number of nitrogens with one attached hydrogen (secondary N) is 2. The lowest BCUT2D eigenvalue weighted by Gasteiger charge is -2.17. The Morgan fingerprint density at radius 2 is 1.85 bits per heavy atom. The van der Waals surface area contributed by atoms with Gasteiger partial charge in [0.1, 0.15) is 5.82 Å². The van der Waals surface area contributed by atoms with Gasteiger partial charge in [-0.05, 0) is 36.9 Å². The third-order valence-corrected chi connectivity index (χ3v) is 3.59. The first-order valence-corrected chi connectivity index (χ1v) is 6.46. The molecule has 3 rings (SSSR count). The topological polar surface area (TPSA) is 41.1 Å². The first-order valence-electron chi connectivity index (χ1n) is 6.46. The van der Waals surface area contributed by atoms with E-state index in [-0.39, 0.29) is 11.7 Å². The SMILES string of the molecule is CC1(C)NNC(=O)/C1=C\c1cccc2cccc(F)c12. The molecule has 0 saturated carbocycles. The van der Waals surface area contributed by atoms with E-state index in [0.29, 0.717) is 16.5 Å². The second kappa shape index (κ2) is 4.42. The first kappa shape index (κ1) is 12.8. The largest absolute Gasteiger partial charge is 0.287 e. The van der Waals surface area contributed by atoms with Crippen LogP contribution in [0.5, 0.6) is 0 Å². The van der Waals surface area contributed by atoms with Crippen LogP contribution >= 0.6 is 0 Å². The number of benzene rings is 2. The fourth-order valence-corrected chi connectivity index (χ4v) is 2.48. The van der Waals surface area contributed by atoms with Gasteiger partial charge in [-0.15, -0.1) is 0 Å². The molecule has 1 aliphatic heterocycles. The van der Waals surface area contributed by atoms with E-state index < -0.39 is 5.54 Å². The van der Waals surface area contributed by atoms with Crippen molar-refractivity contribution < 1.29 is 9.18 Å². The number of hydrogen-bond acceptors (Lipinski definition) is 2. The monoisotopic (exact) mass is 270 g/mol. The summed E-state index contributed by atoms with van der Waals surface area (Å²) in [7, 11) is 0. The predicted molar refractivity (Wildman–Crippen MR) is 77.2 cm³/mol. The highest BCUT2D eigenvalue weighted by molar-refractivity contribution is 6.04. The van der Waals surface area contributed by atoms with Crippen LogP contribution in [0.1, 0.15) is 19.4 Å². The molecule has 4 heteroatoms. The van der Waals surface area contributed by atoms with Crippen LogP contribution in [0.25, 0.3) is 16.8 Å². The number of carbonyl (C=O) groups excluding carboxylic acids is 1. The Kier molecular flexibility index (Phi) is 2.83. The highest BCUT2D eigenvalue weighted by Gasteiger charge is 2.35. The average Bonchev–Trinajstić information content (AvgIpc) is 2.66. The molecular weight excluding hydrogens is 255 g/mol. The summed E-state index contributed by atoms with van der Waals surface area (Å²) < 4.78 is 14.1. The predicted octanol–water partition coefficient (Wildman–Crippen LogP) is 2.78. The quantitative estimate of drug-likeness (QED) is 0.782. The molecule has 1 saturated heterocycles. The Morgan fingerprint density at radius 1 is 1.15 bits per heavy atom. The molecule has 2 aromatic carbocycles. The van der Waals surface area contributed by atoms with E-state index >= 15 is 0 Å². The molecule has 2 aromatic rings. The zero-order valence-corrected chi connectivity index (χ0v) is 11.3. The molecule has 102 valence electrons. The van der Waals surface area contributed by atoms with Crippen molar-refractivity contribution in [2.45, 2.75) is 19.4 Å². The lowest BCUT2D eigenvalue weighted by Crippen LogP contribution is -2.38. The summed E-state index contributed by atoms with van der Waals surface area (Å²) in [6.07, 6.45) is 1.75. The van der Waals surface area contributed by atoms with E-state index in [1.165, 1.54) is 6.07 Å². The van der Waals surface area contributed by atoms with Crippen LogP contribution in [-0.4, -0.2) is 11.4 Å². The van der Waals surface area contributed by atoms with Gasteiger partial charge in [0.25, 0.3) is 5.91 Å². The average molecular weight is 270 g/mol. The van der Waals surface area contributed by atoms with Gasteiger partial charge in [0.15, 0.2) is 0 Å². The summed E-state index contributed by atoms with van der Waals surface area (Å²) in [5, 5.41) is 1.36. The maximum Gasteiger partial charge on any atom is 0.263 e. The van der Waals surface area contributed by atoms with E-state index in [1.807, 2.05) is 38.1 Å². The molecule has 0 aliphatic carbocycles. The minimum Gasteiger partial charge on any atom is -0.287 e. The van der Waals surface area contributed by atoms with Gasteiger partial charge in [-0.25, -0.2) is 9.82 Å². The zero-order chi connectivity index (χ0) is 14.3. The van der Waals surface area contributed by atoms with Crippen LogP contribution in [0, 0.1) is 5.82 Å². The van der Waals surface area contributed by atoms with E-state index in [4.69, 9.17) is 0 Å². The van der Waals surface area contributed by atoms with Crippen LogP contribution < -0.4 is 10.9 Å². The molecule has 0 aromatic heterocycles. The Hall–Kier alpha value is -2.20. The van der Waals surface area contributed by atoms with Gasteiger partial charge in [-0.3, -0.25) is 10.2 Å². The second-order valence-electron chi connectivity index (χ2n) is 5.45. The molecule has 3 nitrogen and oxygen atoms in total. The Morgan fingerprint density at radius 3 is 2.50 bits per heavy atom. The smallest absolute Gasteiger partial charge is 0.263 e. The Labute approximate surface area is 116 Å². The number of hydrogen-bond donors (Lipinski definition) is 2. The van der Waals surface area contributed by atoms with Crippen LogP contribution in [0.2, 0.25) is 0 Å². The van der Waals surface area contributed by atoms with Crippen LogP contribution in [-0.2, 0) is 4.79 Å². The molecule has 20 heavy (non-hydrogen) atoms. The fraction of sp³-hybridized carbons (Fsp3) is 0.188. The minimum atomic E-state index is -0.482. The number of halogens is 1. The molecule has 1 amide bonds.